The van der Waals surface area contributed by atoms with Gasteiger partial charge in [0.1, 0.15) is 17.9 Å². The van der Waals surface area contributed by atoms with Crippen molar-refractivity contribution in [3.8, 4) is 5.75 Å². The summed E-state index contributed by atoms with van der Waals surface area (Å²) >= 11 is 0. The maximum absolute atomic E-state index is 13.2. The molecule has 0 saturated carbocycles. The molecule has 0 unspecified atom stereocenters. The fourth-order valence-corrected chi connectivity index (χ4v) is 5.41. The molecule has 35 heavy (non-hydrogen) atoms. The fourth-order valence-electron chi connectivity index (χ4n) is 3.96. The summed E-state index contributed by atoms with van der Waals surface area (Å²) in [6.07, 6.45) is 0. The second kappa shape index (κ2) is 9.91. The van der Waals surface area contributed by atoms with Gasteiger partial charge in [0.25, 0.3) is 5.91 Å². The highest BCUT2D eigenvalue weighted by atomic mass is 32.2. The molecule has 0 spiro atoms. The lowest BCUT2D eigenvalue weighted by molar-refractivity contribution is 0.0730. The highest BCUT2D eigenvalue weighted by Gasteiger charge is 2.27. The van der Waals surface area contributed by atoms with Crippen molar-refractivity contribution in [2.24, 2.45) is 0 Å². The van der Waals surface area contributed by atoms with Crippen LogP contribution in [0.3, 0.4) is 0 Å². The van der Waals surface area contributed by atoms with Gasteiger partial charge in [0, 0.05) is 29.7 Å². The maximum atomic E-state index is 13.2. The molecule has 0 atom stereocenters. The summed E-state index contributed by atoms with van der Waals surface area (Å²) in [6.45, 7) is 1.44. The van der Waals surface area contributed by atoms with E-state index in [-0.39, 0.29) is 17.3 Å². The quantitative estimate of drug-likeness (QED) is 0.413. The molecule has 1 N–H and O–H groups in total. The molecule has 1 amide bonds. The predicted octanol–water partition coefficient (Wildman–Crippen LogP) is 4.29. The maximum Gasteiger partial charge on any atom is 0.291 e. The minimum atomic E-state index is -3.69. The van der Waals surface area contributed by atoms with Crippen LogP contribution in [0.2, 0.25) is 0 Å². The minimum absolute atomic E-state index is 0.106. The zero-order chi connectivity index (χ0) is 24.3. The predicted molar refractivity (Wildman–Crippen MR) is 131 cm³/mol. The lowest BCUT2D eigenvalue weighted by Crippen LogP contribution is -2.40. The minimum Gasteiger partial charge on any atom is -0.489 e. The molecule has 4 aromatic rings. The van der Waals surface area contributed by atoms with Gasteiger partial charge in [0.2, 0.25) is 10.0 Å². The van der Waals surface area contributed by atoms with Crippen molar-refractivity contribution in [3.63, 3.8) is 0 Å². The number of nitrogens with zero attached hydrogens (tertiary/aromatic N) is 1. The number of benzene rings is 3. The fraction of sp³-hybridized carbons (Fsp3) is 0.192. The number of anilines is 1. The number of carbonyl (C=O) groups is 1. The number of sulfonamides is 1. The van der Waals surface area contributed by atoms with Gasteiger partial charge in [-0.25, -0.2) is 8.42 Å². The van der Waals surface area contributed by atoms with E-state index in [9.17, 15) is 13.2 Å². The van der Waals surface area contributed by atoms with Crippen LogP contribution in [0.5, 0.6) is 5.75 Å². The van der Waals surface area contributed by atoms with Crippen LogP contribution < -0.4 is 10.1 Å². The smallest absolute Gasteiger partial charge is 0.291 e. The average Bonchev–Trinajstić information content (AvgIpc) is 3.27. The van der Waals surface area contributed by atoms with Crippen LogP contribution in [0.15, 0.2) is 88.2 Å². The van der Waals surface area contributed by atoms with E-state index in [0.29, 0.717) is 48.9 Å². The summed E-state index contributed by atoms with van der Waals surface area (Å²) in [5.74, 6) is 0.294. The summed E-state index contributed by atoms with van der Waals surface area (Å²) in [5, 5.41) is 3.55. The Kier molecular flexibility index (Phi) is 6.54. The number of amides is 1. The average molecular weight is 493 g/mol. The Morgan fingerprint density at radius 2 is 1.69 bits per heavy atom. The number of morpholine rings is 1. The standard InChI is InChI=1S/C26H24N2O6S/c29-26(27-19-7-6-10-21(17-19)35(30,31)28-13-15-32-16-14-28)25-23(18-33-20-8-2-1-3-9-20)22-11-4-5-12-24(22)34-25/h1-12,17H,13-16,18H2,(H,27,29). The Hall–Kier alpha value is -3.66. The number of rotatable bonds is 7. The Morgan fingerprint density at radius 3 is 2.49 bits per heavy atom. The number of fused-ring (bicyclic) bond motifs is 1. The number of carbonyl (C=O) groups excluding carboxylic acids is 1. The number of ether oxygens (including phenoxy) is 2. The van der Waals surface area contributed by atoms with Gasteiger partial charge in [-0.1, -0.05) is 42.5 Å². The highest BCUT2D eigenvalue weighted by Crippen LogP contribution is 2.29. The van der Waals surface area contributed by atoms with Crippen molar-refractivity contribution in [2.45, 2.75) is 11.5 Å². The molecule has 1 aliphatic rings. The molecule has 1 saturated heterocycles. The van der Waals surface area contributed by atoms with Gasteiger partial charge in [-0.2, -0.15) is 4.31 Å². The molecule has 0 aliphatic carbocycles. The third kappa shape index (κ3) is 4.93. The Labute approximate surface area is 203 Å². The van der Waals surface area contributed by atoms with Crippen LogP contribution in [0.1, 0.15) is 16.1 Å². The zero-order valence-corrected chi connectivity index (χ0v) is 19.7. The SMILES string of the molecule is O=C(Nc1cccc(S(=O)(=O)N2CCOCC2)c1)c1oc2ccccc2c1COc1ccccc1. The van der Waals surface area contributed by atoms with Crippen LogP contribution in [-0.4, -0.2) is 44.9 Å². The first-order chi connectivity index (χ1) is 17.0. The highest BCUT2D eigenvalue weighted by molar-refractivity contribution is 7.89. The molecule has 2 heterocycles. The Balaban J connectivity index is 1.40. The van der Waals surface area contributed by atoms with Gasteiger partial charge in [-0.15, -0.1) is 0 Å². The monoisotopic (exact) mass is 492 g/mol. The van der Waals surface area contributed by atoms with E-state index in [1.165, 1.54) is 16.4 Å². The second-order valence-electron chi connectivity index (χ2n) is 8.01. The first kappa shape index (κ1) is 23.1. The van der Waals surface area contributed by atoms with Gasteiger partial charge < -0.3 is 19.2 Å². The van der Waals surface area contributed by atoms with Crippen molar-refractivity contribution >= 4 is 32.6 Å². The van der Waals surface area contributed by atoms with Crippen LogP contribution in [0, 0.1) is 0 Å². The van der Waals surface area contributed by atoms with Gasteiger partial charge >= 0.3 is 0 Å². The number of hydrogen-bond donors (Lipinski definition) is 1. The summed E-state index contributed by atoms with van der Waals surface area (Å²) in [7, 11) is -3.69. The lowest BCUT2D eigenvalue weighted by atomic mass is 10.1. The molecule has 5 rings (SSSR count). The van der Waals surface area contributed by atoms with Crippen LogP contribution in [0.4, 0.5) is 5.69 Å². The van der Waals surface area contributed by atoms with Gasteiger partial charge in [-0.05, 0) is 36.4 Å². The molecule has 1 aliphatic heterocycles. The topological polar surface area (TPSA) is 98.1 Å². The second-order valence-corrected chi connectivity index (χ2v) is 9.94. The summed E-state index contributed by atoms with van der Waals surface area (Å²) in [6, 6.07) is 22.9. The van der Waals surface area contributed by atoms with E-state index in [4.69, 9.17) is 13.9 Å². The van der Waals surface area contributed by atoms with Crippen LogP contribution >= 0.6 is 0 Å². The van der Waals surface area contributed by atoms with Gasteiger partial charge in [-0.3, -0.25) is 4.79 Å². The summed E-state index contributed by atoms with van der Waals surface area (Å²) in [5.41, 5.74) is 1.52. The molecule has 9 heteroatoms. The van der Waals surface area contributed by atoms with E-state index >= 15 is 0 Å². The van der Waals surface area contributed by atoms with E-state index < -0.39 is 15.9 Å². The van der Waals surface area contributed by atoms with Crippen molar-refractivity contribution in [1.29, 1.82) is 0 Å². The number of nitrogens with one attached hydrogen (secondary N) is 1. The lowest BCUT2D eigenvalue weighted by Gasteiger charge is -2.26. The molecule has 180 valence electrons. The third-order valence-corrected chi connectivity index (χ3v) is 7.63. The molecular weight excluding hydrogens is 468 g/mol. The normalized spacial score (nSPS) is 14.6. The van der Waals surface area contributed by atoms with Crippen LogP contribution in [-0.2, 0) is 21.4 Å². The molecule has 1 aromatic heterocycles. The van der Waals surface area contributed by atoms with Gasteiger partial charge in [0.05, 0.1) is 18.1 Å². The van der Waals surface area contributed by atoms with E-state index in [2.05, 4.69) is 5.32 Å². The molecule has 3 aromatic carbocycles. The summed E-state index contributed by atoms with van der Waals surface area (Å²) in [4.78, 5) is 13.3. The Bertz CT molecular complexity index is 1440. The van der Waals surface area contributed by atoms with Crippen LogP contribution in [0.25, 0.3) is 11.0 Å². The summed E-state index contributed by atoms with van der Waals surface area (Å²) < 4.78 is 44.4. The molecule has 0 bridgehead atoms. The number of furan rings is 1. The van der Waals surface area contributed by atoms with E-state index in [1.807, 2.05) is 48.5 Å². The van der Waals surface area contributed by atoms with Gasteiger partial charge in [0.15, 0.2) is 5.76 Å². The first-order valence-electron chi connectivity index (χ1n) is 11.2. The largest absolute Gasteiger partial charge is 0.489 e. The van der Waals surface area contributed by atoms with Crippen molar-refractivity contribution < 1.29 is 27.1 Å². The molecule has 1 fully saturated rings. The Morgan fingerprint density at radius 1 is 0.943 bits per heavy atom. The number of para-hydroxylation sites is 2. The van der Waals surface area contributed by atoms with Crippen molar-refractivity contribution in [1.82, 2.24) is 4.31 Å². The van der Waals surface area contributed by atoms with E-state index in [0.717, 1.165) is 5.39 Å². The number of hydrogen-bond acceptors (Lipinski definition) is 6. The molecule has 0 radical (unpaired) electrons. The zero-order valence-electron chi connectivity index (χ0n) is 18.8. The molecular formula is C26H24N2O6S. The molecule has 8 nitrogen and oxygen atoms in total. The van der Waals surface area contributed by atoms with E-state index in [1.54, 1.807) is 18.2 Å². The van der Waals surface area contributed by atoms with Crippen molar-refractivity contribution in [2.75, 3.05) is 31.6 Å². The first-order valence-corrected chi connectivity index (χ1v) is 12.6. The van der Waals surface area contributed by atoms with Crippen molar-refractivity contribution in [3.05, 3.63) is 90.2 Å². The third-order valence-electron chi connectivity index (χ3n) is 5.73.